The number of allylic oxidation sites excluding steroid dienone is 1. The predicted octanol–water partition coefficient (Wildman–Crippen LogP) is 3.23. The zero-order chi connectivity index (χ0) is 20.4. The minimum absolute atomic E-state index is 0.0752. The first-order valence-corrected chi connectivity index (χ1v) is 10.7. The summed E-state index contributed by atoms with van der Waals surface area (Å²) in [5.74, 6) is -0.367. The third kappa shape index (κ3) is 4.14. The van der Waals surface area contributed by atoms with Crippen molar-refractivity contribution in [1.82, 2.24) is 14.8 Å². The second-order valence-electron chi connectivity index (χ2n) is 8.41. The fourth-order valence-corrected chi connectivity index (χ4v) is 4.87. The molecule has 1 aromatic heterocycles. The van der Waals surface area contributed by atoms with Crippen LogP contribution in [-0.4, -0.2) is 59.8 Å². The third-order valence-electron chi connectivity index (χ3n) is 6.67. The molecular weight excluding hydrogens is 371 g/mol. The van der Waals surface area contributed by atoms with Gasteiger partial charge in [0.25, 0.3) is 11.8 Å². The van der Waals surface area contributed by atoms with Crippen molar-refractivity contribution in [3.63, 3.8) is 0 Å². The molecule has 1 aromatic rings. The van der Waals surface area contributed by atoms with Gasteiger partial charge in [0.2, 0.25) is 0 Å². The quantitative estimate of drug-likeness (QED) is 0.791. The van der Waals surface area contributed by atoms with Gasteiger partial charge in [-0.3, -0.25) is 9.59 Å². The van der Waals surface area contributed by atoms with Gasteiger partial charge < -0.3 is 15.1 Å². The summed E-state index contributed by atoms with van der Waals surface area (Å²) in [5.41, 5.74) is 1.98. The molecule has 4 rings (SSSR count). The van der Waals surface area contributed by atoms with E-state index in [1.54, 1.807) is 17.2 Å². The number of carbonyl (C=O) groups excluding carboxylic acids is 2. The Morgan fingerprint density at radius 2 is 1.76 bits per heavy atom. The van der Waals surface area contributed by atoms with E-state index in [4.69, 9.17) is 0 Å². The Bertz CT molecular complexity index is 800. The van der Waals surface area contributed by atoms with Crippen molar-refractivity contribution in [2.24, 2.45) is 11.8 Å². The number of piperidine rings is 2. The molecule has 1 aliphatic carbocycles. The highest BCUT2D eigenvalue weighted by molar-refractivity contribution is 5.93. The number of nitrogens with zero attached hydrogens (tertiary/aromatic N) is 3. The molecule has 3 heterocycles. The van der Waals surface area contributed by atoms with Crippen molar-refractivity contribution in [3.8, 4) is 0 Å². The number of amides is 2. The highest BCUT2D eigenvalue weighted by Crippen LogP contribution is 2.34. The third-order valence-corrected chi connectivity index (χ3v) is 6.67. The molecule has 0 aromatic carbocycles. The molecule has 156 valence electrons. The number of carbonyl (C=O) groups is 2. The maximum atomic E-state index is 14.6. The average molecular weight is 400 g/mol. The van der Waals surface area contributed by atoms with Gasteiger partial charge in [0.05, 0.1) is 11.9 Å². The van der Waals surface area contributed by atoms with Gasteiger partial charge in [0.15, 0.2) is 5.83 Å². The van der Waals surface area contributed by atoms with E-state index < -0.39 is 11.7 Å². The molecule has 6 nitrogen and oxygen atoms in total. The fraction of sp³-hybridized carbons (Fsp3) is 0.591. The molecule has 2 atom stereocenters. The van der Waals surface area contributed by atoms with Gasteiger partial charge in [-0.15, -0.1) is 0 Å². The van der Waals surface area contributed by atoms with E-state index >= 15 is 0 Å². The van der Waals surface area contributed by atoms with Crippen molar-refractivity contribution in [3.05, 3.63) is 35.4 Å². The van der Waals surface area contributed by atoms with E-state index in [9.17, 15) is 14.0 Å². The first kappa shape index (κ1) is 19.9. The van der Waals surface area contributed by atoms with E-state index in [1.165, 1.54) is 0 Å². The number of likely N-dealkylation sites (tertiary alicyclic amines) is 2. The largest absolute Gasteiger partial charge is 0.387 e. The van der Waals surface area contributed by atoms with Crippen molar-refractivity contribution in [1.29, 1.82) is 0 Å². The highest BCUT2D eigenvalue weighted by Gasteiger charge is 2.38. The van der Waals surface area contributed by atoms with E-state index in [0.29, 0.717) is 56.2 Å². The van der Waals surface area contributed by atoms with Gasteiger partial charge >= 0.3 is 0 Å². The molecule has 3 fully saturated rings. The molecular formula is C22H29FN4O2. The molecule has 3 aliphatic rings. The zero-order valence-electron chi connectivity index (χ0n) is 17.0. The first-order chi connectivity index (χ1) is 14.1. The zero-order valence-corrected chi connectivity index (χ0v) is 17.0. The average Bonchev–Trinajstić information content (AvgIpc) is 3.32. The lowest BCUT2D eigenvalue weighted by Crippen LogP contribution is -2.52. The number of anilines is 1. The number of pyridine rings is 1. The number of hydrogen-bond acceptors (Lipinski definition) is 4. The van der Waals surface area contributed by atoms with E-state index in [1.807, 2.05) is 18.0 Å². The lowest BCUT2D eigenvalue weighted by molar-refractivity contribution is -0.132. The predicted molar refractivity (Wildman–Crippen MR) is 109 cm³/mol. The van der Waals surface area contributed by atoms with Crippen molar-refractivity contribution in [2.75, 3.05) is 38.5 Å². The van der Waals surface area contributed by atoms with Crippen molar-refractivity contribution in [2.45, 2.75) is 38.5 Å². The molecule has 0 spiro atoms. The van der Waals surface area contributed by atoms with Crippen LogP contribution in [-0.2, 0) is 4.79 Å². The van der Waals surface area contributed by atoms with Crippen LogP contribution in [0.5, 0.6) is 0 Å². The van der Waals surface area contributed by atoms with Crippen LogP contribution < -0.4 is 5.32 Å². The van der Waals surface area contributed by atoms with E-state index in [-0.39, 0.29) is 11.8 Å². The molecule has 1 N–H and O–H groups in total. The summed E-state index contributed by atoms with van der Waals surface area (Å²) in [4.78, 5) is 33.3. The molecule has 2 amide bonds. The monoisotopic (exact) mass is 400 g/mol. The summed E-state index contributed by atoms with van der Waals surface area (Å²) in [6.45, 7) is 2.45. The van der Waals surface area contributed by atoms with E-state index in [0.717, 1.165) is 31.4 Å². The van der Waals surface area contributed by atoms with Gasteiger partial charge in [-0.05, 0) is 68.1 Å². The Balaban J connectivity index is 1.41. The maximum absolute atomic E-state index is 14.6. The SMILES string of the molecule is CNc1ccc(C(=O)N2CCC3CCN(C(=O)C(F)=C4CCCC4)CC3C2)nc1. The lowest BCUT2D eigenvalue weighted by Gasteiger charge is -2.44. The molecule has 0 bridgehead atoms. The van der Waals surface area contributed by atoms with Crippen LogP contribution in [0.4, 0.5) is 10.1 Å². The number of nitrogens with one attached hydrogen (secondary N) is 1. The van der Waals surface area contributed by atoms with Crippen LogP contribution in [0.15, 0.2) is 29.7 Å². The molecule has 29 heavy (non-hydrogen) atoms. The van der Waals surface area contributed by atoms with Crippen molar-refractivity contribution >= 4 is 17.5 Å². The standard InChI is InChI=1S/C22H29FN4O2/c1-24-18-6-7-19(25-12-18)21(28)26-10-8-15-9-11-27(14-17(15)13-26)22(29)20(23)16-4-2-3-5-16/h6-7,12,15,17,24H,2-5,8-11,13-14H2,1H3. The van der Waals surface area contributed by atoms with Crippen LogP contribution in [0.2, 0.25) is 0 Å². The smallest absolute Gasteiger partial charge is 0.282 e. The number of aromatic nitrogens is 1. The van der Waals surface area contributed by atoms with Crippen LogP contribution in [0.3, 0.4) is 0 Å². The van der Waals surface area contributed by atoms with Crippen LogP contribution >= 0.6 is 0 Å². The number of fused-ring (bicyclic) bond motifs is 1. The number of hydrogen-bond donors (Lipinski definition) is 1. The number of rotatable bonds is 3. The molecule has 0 radical (unpaired) electrons. The fourth-order valence-electron chi connectivity index (χ4n) is 4.87. The minimum Gasteiger partial charge on any atom is -0.387 e. The normalized spacial score (nSPS) is 24.3. The topological polar surface area (TPSA) is 65.5 Å². The highest BCUT2D eigenvalue weighted by atomic mass is 19.1. The second kappa shape index (κ2) is 8.51. The Morgan fingerprint density at radius 1 is 1.07 bits per heavy atom. The summed E-state index contributed by atoms with van der Waals surface area (Å²) < 4.78 is 14.6. The summed E-state index contributed by atoms with van der Waals surface area (Å²) >= 11 is 0. The molecule has 2 saturated heterocycles. The summed E-state index contributed by atoms with van der Waals surface area (Å²) in [6.07, 6.45) is 6.83. The van der Waals surface area contributed by atoms with Gasteiger partial charge in [-0.2, -0.15) is 0 Å². The molecule has 2 aliphatic heterocycles. The Kier molecular flexibility index (Phi) is 5.83. The van der Waals surface area contributed by atoms with Crippen molar-refractivity contribution < 1.29 is 14.0 Å². The Morgan fingerprint density at radius 3 is 2.41 bits per heavy atom. The van der Waals surface area contributed by atoms with Gasteiger partial charge in [0.1, 0.15) is 5.69 Å². The Labute approximate surface area is 171 Å². The molecule has 7 heteroatoms. The molecule has 2 unspecified atom stereocenters. The summed E-state index contributed by atoms with van der Waals surface area (Å²) in [5, 5.41) is 3.00. The van der Waals surface area contributed by atoms with Crippen LogP contribution in [0.25, 0.3) is 0 Å². The summed E-state index contributed by atoms with van der Waals surface area (Å²) in [7, 11) is 1.81. The Hall–Kier alpha value is -2.44. The summed E-state index contributed by atoms with van der Waals surface area (Å²) in [6, 6.07) is 3.58. The second-order valence-corrected chi connectivity index (χ2v) is 8.41. The van der Waals surface area contributed by atoms with Crippen LogP contribution in [0.1, 0.15) is 49.0 Å². The first-order valence-electron chi connectivity index (χ1n) is 10.7. The van der Waals surface area contributed by atoms with E-state index in [2.05, 4.69) is 10.3 Å². The van der Waals surface area contributed by atoms with Gasteiger partial charge in [-0.25, -0.2) is 9.37 Å². The maximum Gasteiger partial charge on any atom is 0.282 e. The lowest BCUT2D eigenvalue weighted by atomic mass is 9.80. The van der Waals surface area contributed by atoms with Gasteiger partial charge in [0, 0.05) is 33.2 Å². The number of halogens is 1. The molecule has 1 saturated carbocycles. The minimum atomic E-state index is -0.529. The van der Waals surface area contributed by atoms with Gasteiger partial charge in [-0.1, -0.05) is 0 Å². The van der Waals surface area contributed by atoms with Crippen LogP contribution in [0, 0.1) is 11.8 Å².